The summed E-state index contributed by atoms with van der Waals surface area (Å²) in [4.78, 5) is 17.2. The summed E-state index contributed by atoms with van der Waals surface area (Å²) in [7, 11) is 1.81. The lowest BCUT2D eigenvalue weighted by molar-refractivity contribution is -0.113. The molecule has 7 nitrogen and oxygen atoms in total. The Hall–Kier alpha value is -3.76. The number of aryl methyl sites for hydroxylation is 1. The van der Waals surface area contributed by atoms with Gasteiger partial charge in [0.05, 0.1) is 16.0 Å². The summed E-state index contributed by atoms with van der Waals surface area (Å²) in [6, 6.07) is 19.7. The van der Waals surface area contributed by atoms with Gasteiger partial charge in [0.15, 0.2) is 11.0 Å². The average Bonchev–Trinajstić information content (AvgIpc) is 3.45. The first-order valence-electron chi connectivity index (χ1n) is 11.1. The molecule has 0 saturated carbocycles. The number of nitrogens with zero attached hydrogens (tertiary/aromatic N) is 4. The predicted octanol–water partition coefficient (Wildman–Crippen LogP) is 5.85. The summed E-state index contributed by atoms with van der Waals surface area (Å²) < 4.78 is 21.6. The summed E-state index contributed by atoms with van der Waals surface area (Å²) in [5.74, 6) is 0.858. The number of hydrogen-bond donors (Lipinski definition) is 1. The number of thiazole rings is 1. The molecule has 0 spiro atoms. The van der Waals surface area contributed by atoms with Crippen molar-refractivity contribution in [3.05, 3.63) is 83.9 Å². The minimum absolute atomic E-state index is 0.143. The van der Waals surface area contributed by atoms with Crippen molar-refractivity contribution in [3.63, 3.8) is 0 Å². The van der Waals surface area contributed by atoms with E-state index < -0.39 is 0 Å². The SMILES string of the molecule is Cc1ccc2nc(-c3ccc(NC(=O)CSc4nnc(COc5ccc(F)cc5)n4C)cc3)sc2c1. The number of aromatic nitrogens is 4. The van der Waals surface area contributed by atoms with Gasteiger partial charge in [-0.1, -0.05) is 17.8 Å². The maximum Gasteiger partial charge on any atom is 0.234 e. The molecule has 10 heteroatoms. The van der Waals surface area contributed by atoms with Gasteiger partial charge in [0, 0.05) is 18.3 Å². The predicted molar refractivity (Wildman–Crippen MR) is 141 cm³/mol. The third-order valence-electron chi connectivity index (χ3n) is 5.40. The number of anilines is 1. The van der Waals surface area contributed by atoms with Crippen LogP contribution in [0.1, 0.15) is 11.4 Å². The Morgan fingerprint density at radius 1 is 1.08 bits per heavy atom. The molecule has 182 valence electrons. The zero-order valence-electron chi connectivity index (χ0n) is 19.6. The molecule has 2 heterocycles. The number of carbonyl (C=O) groups excluding carboxylic acids is 1. The first kappa shape index (κ1) is 24.0. The van der Waals surface area contributed by atoms with E-state index in [4.69, 9.17) is 9.72 Å². The average molecular weight is 520 g/mol. The van der Waals surface area contributed by atoms with Crippen LogP contribution in [0.5, 0.6) is 5.75 Å². The van der Waals surface area contributed by atoms with Crippen molar-refractivity contribution in [2.75, 3.05) is 11.1 Å². The van der Waals surface area contributed by atoms with E-state index >= 15 is 0 Å². The molecule has 0 atom stereocenters. The first-order valence-corrected chi connectivity index (χ1v) is 12.9. The molecule has 2 aromatic heterocycles. The Labute approximate surface area is 215 Å². The second-order valence-electron chi connectivity index (χ2n) is 8.10. The fraction of sp³-hybridized carbons (Fsp3) is 0.154. The molecule has 3 aromatic carbocycles. The van der Waals surface area contributed by atoms with Gasteiger partial charge < -0.3 is 14.6 Å². The van der Waals surface area contributed by atoms with Crippen molar-refractivity contribution in [2.45, 2.75) is 18.7 Å². The van der Waals surface area contributed by atoms with Crippen molar-refractivity contribution >= 4 is 44.9 Å². The highest BCUT2D eigenvalue weighted by Crippen LogP contribution is 2.31. The molecular weight excluding hydrogens is 497 g/mol. The van der Waals surface area contributed by atoms with E-state index in [1.807, 2.05) is 37.4 Å². The van der Waals surface area contributed by atoms with Crippen LogP contribution in [0.15, 0.2) is 71.9 Å². The van der Waals surface area contributed by atoms with Gasteiger partial charge in [-0.3, -0.25) is 4.79 Å². The quantitative estimate of drug-likeness (QED) is 0.259. The molecule has 5 aromatic rings. The monoisotopic (exact) mass is 519 g/mol. The molecule has 0 unspecified atom stereocenters. The number of carbonyl (C=O) groups is 1. The van der Waals surface area contributed by atoms with Crippen molar-refractivity contribution < 1.29 is 13.9 Å². The van der Waals surface area contributed by atoms with Crippen LogP contribution in [0.4, 0.5) is 10.1 Å². The topological polar surface area (TPSA) is 81.9 Å². The minimum Gasteiger partial charge on any atom is -0.486 e. The number of benzene rings is 3. The fourth-order valence-corrected chi connectivity index (χ4v) is 5.25. The third kappa shape index (κ3) is 5.55. The van der Waals surface area contributed by atoms with Gasteiger partial charge in [-0.05, 0) is 73.2 Å². The highest BCUT2D eigenvalue weighted by atomic mass is 32.2. The van der Waals surface area contributed by atoms with Crippen molar-refractivity contribution in [3.8, 4) is 16.3 Å². The lowest BCUT2D eigenvalue weighted by atomic mass is 10.2. The molecule has 0 saturated heterocycles. The number of amides is 1. The molecule has 0 aliphatic rings. The lowest BCUT2D eigenvalue weighted by Crippen LogP contribution is -2.14. The summed E-state index contributed by atoms with van der Waals surface area (Å²) in [6.07, 6.45) is 0. The third-order valence-corrected chi connectivity index (χ3v) is 7.49. The molecule has 0 fully saturated rings. The number of hydrogen-bond acceptors (Lipinski definition) is 7. The van der Waals surface area contributed by atoms with Gasteiger partial charge in [0.25, 0.3) is 0 Å². The molecule has 0 aliphatic carbocycles. The second kappa shape index (κ2) is 10.5. The summed E-state index contributed by atoms with van der Waals surface area (Å²) in [6.45, 7) is 2.25. The normalized spacial score (nSPS) is 11.1. The van der Waals surface area contributed by atoms with E-state index in [0.717, 1.165) is 20.8 Å². The summed E-state index contributed by atoms with van der Waals surface area (Å²) in [5.41, 5.74) is 3.93. The molecular formula is C26H22FN5O2S2. The lowest BCUT2D eigenvalue weighted by Gasteiger charge is -2.07. The Kier molecular flexibility index (Phi) is 6.97. The molecule has 0 bridgehead atoms. The molecule has 1 N–H and O–H groups in total. The zero-order chi connectivity index (χ0) is 25.1. The number of halogens is 1. The Morgan fingerprint density at radius 3 is 2.64 bits per heavy atom. The first-order chi connectivity index (χ1) is 17.4. The van der Waals surface area contributed by atoms with Crippen LogP contribution in [0.2, 0.25) is 0 Å². The maximum absolute atomic E-state index is 13.0. The molecule has 0 aliphatic heterocycles. The van der Waals surface area contributed by atoms with Crippen molar-refractivity contribution in [1.82, 2.24) is 19.7 Å². The van der Waals surface area contributed by atoms with Gasteiger partial charge >= 0.3 is 0 Å². The van der Waals surface area contributed by atoms with Gasteiger partial charge in [0.2, 0.25) is 5.91 Å². The molecule has 5 rings (SSSR count). The van der Waals surface area contributed by atoms with Crippen LogP contribution in [0.25, 0.3) is 20.8 Å². The molecule has 36 heavy (non-hydrogen) atoms. The van der Waals surface area contributed by atoms with E-state index in [9.17, 15) is 9.18 Å². The molecule has 0 radical (unpaired) electrons. The van der Waals surface area contributed by atoms with Crippen molar-refractivity contribution in [1.29, 1.82) is 0 Å². The maximum atomic E-state index is 13.0. The van der Waals surface area contributed by atoms with Gasteiger partial charge in [-0.15, -0.1) is 21.5 Å². The van der Waals surface area contributed by atoms with Crippen LogP contribution in [0.3, 0.4) is 0 Å². The Morgan fingerprint density at radius 2 is 1.86 bits per heavy atom. The van der Waals surface area contributed by atoms with Crippen LogP contribution in [-0.4, -0.2) is 31.4 Å². The van der Waals surface area contributed by atoms with E-state index in [-0.39, 0.29) is 24.1 Å². The number of ether oxygens (including phenoxy) is 1. The van der Waals surface area contributed by atoms with E-state index in [2.05, 4.69) is 34.6 Å². The highest BCUT2D eigenvalue weighted by Gasteiger charge is 2.13. The Balaban J connectivity index is 1.14. The highest BCUT2D eigenvalue weighted by molar-refractivity contribution is 7.99. The van der Waals surface area contributed by atoms with Gasteiger partial charge in [-0.25, -0.2) is 9.37 Å². The standard InChI is InChI=1S/C26H22FN5O2S2/c1-16-3-12-21-22(13-16)36-25(29-21)17-4-8-19(9-5-17)28-24(33)15-35-26-31-30-23(32(26)2)14-34-20-10-6-18(27)7-11-20/h3-13H,14-15H2,1-2H3,(H,28,33). The Bertz CT molecular complexity index is 1510. The minimum atomic E-state index is -0.322. The van der Waals surface area contributed by atoms with E-state index in [0.29, 0.717) is 22.4 Å². The van der Waals surface area contributed by atoms with Crippen LogP contribution in [0, 0.1) is 12.7 Å². The van der Waals surface area contributed by atoms with Crippen LogP contribution in [-0.2, 0) is 18.4 Å². The largest absolute Gasteiger partial charge is 0.486 e. The summed E-state index contributed by atoms with van der Waals surface area (Å²) in [5, 5.41) is 12.7. The molecule has 1 amide bonds. The smallest absolute Gasteiger partial charge is 0.234 e. The zero-order valence-corrected chi connectivity index (χ0v) is 21.2. The number of thioether (sulfide) groups is 1. The number of rotatable bonds is 8. The van der Waals surface area contributed by atoms with E-state index in [1.165, 1.54) is 29.5 Å². The van der Waals surface area contributed by atoms with Crippen LogP contribution < -0.4 is 10.1 Å². The number of fused-ring (bicyclic) bond motifs is 1. The van der Waals surface area contributed by atoms with Gasteiger partial charge in [-0.2, -0.15) is 0 Å². The summed E-state index contributed by atoms with van der Waals surface area (Å²) >= 11 is 2.94. The number of nitrogens with one attached hydrogen (secondary N) is 1. The fourth-order valence-electron chi connectivity index (χ4n) is 3.45. The van der Waals surface area contributed by atoms with Gasteiger partial charge in [0.1, 0.15) is 23.2 Å². The second-order valence-corrected chi connectivity index (χ2v) is 10.1. The van der Waals surface area contributed by atoms with Crippen LogP contribution >= 0.6 is 23.1 Å². The van der Waals surface area contributed by atoms with Crippen molar-refractivity contribution in [2.24, 2.45) is 7.05 Å². The van der Waals surface area contributed by atoms with E-state index in [1.54, 1.807) is 28.0 Å².